The van der Waals surface area contributed by atoms with E-state index in [-0.39, 0.29) is 11.2 Å². The molecule has 0 bridgehead atoms. The Morgan fingerprint density at radius 2 is 2.18 bits per heavy atom. The molecule has 0 saturated carbocycles. The van der Waals surface area contributed by atoms with E-state index in [4.69, 9.17) is 5.73 Å². The molecule has 4 atom stereocenters. The van der Waals surface area contributed by atoms with Crippen LogP contribution in [0, 0.1) is 11.1 Å². The lowest BCUT2D eigenvalue weighted by Crippen LogP contribution is -3.11. The molecule has 17 heavy (non-hydrogen) atoms. The molecule has 0 aromatic heterocycles. The summed E-state index contributed by atoms with van der Waals surface area (Å²) < 4.78 is 0. The minimum absolute atomic E-state index is 0.328. The average molecular weight is 245 g/mol. The third-order valence-electron chi connectivity index (χ3n) is 2.54. The van der Waals surface area contributed by atoms with Crippen molar-refractivity contribution in [3.8, 4) is 0 Å². The summed E-state index contributed by atoms with van der Waals surface area (Å²) >= 11 is 0. The van der Waals surface area contributed by atoms with Gasteiger partial charge in [0.2, 0.25) is 5.91 Å². The SMILES string of the molecule is CCCC(C=C[NH+]([O-])NC(C)C(C)O)C(N)=O. The Morgan fingerprint density at radius 1 is 1.59 bits per heavy atom. The van der Waals surface area contributed by atoms with Gasteiger partial charge in [-0.2, -0.15) is 5.43 Å². The van der Waals surface area contributed by atoms with Gasteiger partial charge in [-0.05, 0) is 26.3 Å². The number of nitrogens with two attached hydrogens (primary N) is 1. The molecule has 4 unspecified atom stereocenters. The van der Waals surface area contributed by atoms with E-state index < -0.39 is 17.9 Å². The van der Waals surface area contributed by atoms with Gasteiger partial charge in [-0.25, -0.2) is 0 Å². The smallest absolute Gasteiger partial charge is 0.224 e. The number of aliphatic hydroxyl groups excluding tert-OH is 1. The summed E-state index contributed by atoms with van der Waals surface area (Å²) in [6, 6.07) is -0.328. The second-order valence-electron chi connectivity index (χ2n) is 4.19. The van der Waals surface area contributed by atoms with Gasteiger partial charge in [-0.3, -0.25) is 9.97 Å². The molecule has 0 fully saturated rings. The van der Waals surface area contributed by atoms with Crippen LogP contribution in [0.3, 0.4) is 0 Å². The number of hydrogen-bond acceptors (Lipinski definition) is 4. The Morgan fingerprint density at radius 3 is 2.59 bits per heavy atom. The first-order chi connectivity index (χ1) is 7.88. The number of hydrogen-bond donors (Lipinski definition) is 4. The molecule has 0 heterocycles. The zero-order valence-corrected chi connectivity index (χ0v) is 10.6. The molecule has 0 aliphatic rings. The van der Waals surface area contributed by atoms with Gasteiger partial charge in [0.1, 0.15) is 6.20 Å². The van der Waals surface area contributed by atoms with Crippen molar-refractivity contribution in [1.82, 2.24) is 5.43 Å². The van der Waals surface area contributed by atoms with Gasteiger partial charge in [0, 0.05) is 0 Å². The number of primary amides is 1. The molecule has 5 N–H and O–H groups in total. The molecule has 0 aliphatic carbocycles. The minimum Gasteiger partial charge on any atom is -0.608 e. The van der Waals surface area contributed by atoms with Crippen LogP contribution in [-0.2, 0) is 4.79 Å². The Hall–Kier alpha value is -0.950. The Kier molecular flexibility index (Phi) is 7.73. The summed E-state index contributed by atoms with van der Waals surface area (Å²) in [6.45, 7) is 5.24. The number of aliphatic hydroxyl groups is 1. The monoisotopic (exact) mass is 245 g/mol. The maximum absolute atomic E-state index is 11.4. The van der Waals surface area contributed by atoms with Crippen LogP contribution in [0.25, 0.3) is 0 Å². The molecule has 6 heteroatoms. The summed E-state index contributed by atoms with van der Waals surface area (Å²) in [5, 5.41) is 20.3. The summed E-state index contributed by atoms with van der Waals surface area (Å²) in [5.74, 6) is -0.841. The Bertz CT molecular complexity index is 256. The lowest BCUT2D eigenvalue weighted by molar-refractivity contribution is -0.847. The number of hydroxylamine groups is 1. The van der Waals surface area contributed by atoms with E-state index in [9.17, 15) is 15.1 Å². The highest BCUT2D eigenvalue weighted by Gasteiger charge is 2.13. The number of carbonyl (C=O) groups excluding carboxylic acids is 1. The van der Waals surface area contributed by atoms with Gasteiger partial charge in [-0.15, -0.1) is 0 Å². The Labute approximate surface area is 102 Å². The van der Waals surface area contributed by atoms with Crippen molar-refractivity contribution in [2.45, 2.75) is 45.8 Å². The Balaban J connectivity index is 4.24. The van der Waals surface area contributed by atoms with Crippen molar-refractivity contribution in [1.29, 1.82) is 0 Å². The van der Waals surface area contributed by atoms with E-state index in [1.54, 1.807) is 13.8 Å². The van der Waals surface area contributed by atoms with Crippen LogP contribution in [0.1, 0.15) is 33.6 Å². The fourth-order valence-electron chi connectivity index (χ4n) is 1.24. The normalized spacial score (nSPS) is 18.9. The highest BCUT2D eigenvalue weighted by Crippen LogP contribution is 2.05. The first kappa shape index (κ1) is 16.1. The summed E-state index contributed by atoms with van der Waals surface area (Å²) in [4.78, 5) is 11.0. The van der Waals surface area contributed by atoms with Crippen molar-refractivity contribution < 1.29 is 15.1 Å². The van der Waals surface area contributed by atoms with Gasteiger partial charge in [0.05, 0.1) is 18.1 Å². The molecular weight excluding hydrogens is 222 g/mol. The predicted molar refractivity (Wildman–Crippen MR) is 65.3 cm³/mol. The first-order valence-corrected chi connectivity index (χ1v) is 5.84. The molecule has 0 aromatic rings. The van der Waals surface area contributed by atoms with Gasteiger partial charge >= 0.3 is 0 Å². The van der Waals surface area contributed by atoms with Crippen LogP contribution in [0.15, 0.2) is 12.3 Å². The van der Waals surface area contributed by atoms with Crippen LogP contribution in [0.2, 0.25) is 0 Å². The van der Waals surface area contributed by atoms with Crippen LogP contribution in [0.4, 0.5) is 0 Å². The molecule has 0 aromatic carbocycles. The van der Waals surface area contributed by atoms with Crippen molar-refractivity contribution in [2.75, 3.05) is 0 Å². The van der Waals surface area contributed by atoms with Crippen LogP contribution in [-0.4, -0.2) is 23.2 Å². The van der Waals surface area contributed by atoms with Crippen molar-refractivity contribution in [3.63, 3.8) is 0 Å². The lowest BCUT2D eigenvalue weighted by Gasteiger charge is -2.24. The maximum atomic E-state index is 11.4. The topological polar surface area (TPSA) is 103 Å². The molecule has 0 spiro atoms. The third kappa shape index (κ3) is 7.06. The van der Waals surface area contributed by atoms with E-state index in [2.05, 4.69) is 5.43 Å². The van der Waals surface area contributed by atoms with Crippen LogP contribution in [0.5, 0.6) is 0 Å². The average Bonchev–Trinajstić information content (AvgIpc) is 2.23. The minimum atomic E-state index is -0.616. The zero-order valence-electron chi connectivity index (χ0n) is 10.6. The lowest BCUT2D eigenvalue weighted by atomic mass is 10.0. The standard InChI is InChI=1S/C11H23N3O3/c1-4-5-10(11(12)16)6-7-14(17)13-8(2)9(3)15/h6-10,13-15H,4-5H2,1-3H3,(H2,12,16). The van der Waals surface area contributed by atoms with Gasteiger partial charge in [0.15, 0.2) is 0 Å². The van der Waals surface area contributed by atoms with E-state index >= 15 is 0 Å². The number of quaternary nitrogens is 1. The number of rotatable bonds is 8. The summed E-state index contributed by atoms with van der Waals surface area (Å²) in [5.41, 5.74) is 7.78. The van der Waals surface area contributed by atoms with Crippen LogP contribution < -0.4 is 16.3 Å². The van der Waals surface area contributed by atoms with E-state index in [0.717, 1.165) is 6.42 Å². The largest absolute Gasteiger partial charge is 0.608 e. The number of amides is 1. The molecule has 1 amide bonds. The van der Waals surface area contributed by atoms with Crippen molar-refractivity contribution in [3.05, 3.63) is 17.5 Å². The molecule has 100 valence electrons. The fourth-order valence-corrected chi connectivity index (χ4v) is 1.24. The predicted octanol–water partition coefficient (Wildman–Crippen LogP) is -0.942. The van der Waals surface area contributed by atoms with Gasteiger partial charge in [0.25, 0.3) is 0 Å². The number of carbonyl (C=O) groups is 1. The first-order valence-electron chi connectivity index (χ1n) is 5.84. The summed E-state index contributed by atoms with van der Waals surface area (Å²) in [6.07, 6.45) is 3.64. The quantitative estimate of drug-likeness (QED) is 0.414. The highest BCUT2D eigenvalue weighted by molar-refractivity contribution is 5.78. The molecule has 0 saturated heterocycles. The highest BCUT2D eigenvalue weighted by atomic mass is 16.5. The third-order valence-corrected chi connectivity index (χ3v) is 2.54. The van der Waals surface area contributed by atoms with Crippen molar-refractivity contribution in [2.24, 2.45) is 11.7 Å². The molecule has 0 radical (unpaired) electrons. The van der Waals surface area contributed by atoms with Gasteiger partial charge in [-0.1, -0.05) is 13.3 Å². The number of nitrogens with one attached hydrogen (secondary N) is 2. The zero-order chi connectivity index (χ0) is 13.4. The second kappa shape index (κ2) is 8.19. The second-order valence-corrected chi connectivity index (χ2v) is 4.19. The molecule has 6 nitrogen and oxygen atoms in total. The van der Waals surface area contributed by atoms with E-state index in [0.29, 0.717) is 6.42 Å². The van der Waals surface area contributed by atoms with E-state index in [1.807, 2.05) is 6.92 Å². The maximum Gasteiger partial charge on any atom is 0.224 e. The fraction of sp³-hybridized carbons (Fsp3) is 0.727. The molecule has 0 aliphatic heterocycles. The van der Waals surface area contributed by atoms with Crippen LogP contribution >= 0.6 is 0 Å². The van der Waals surface area contributed by atoms with Crippen molar-refractivity contribution >= 4 is 5.91 Å². The van der Waals surface area contributed by atoms with Gasteiger partial charge < -0.3 is 16.0 Å². The van der Waals surface area contributed by atoms with E-state index in [1.165, 1.54) is 12.3 Å². The molecule has 0 rings (SSSR count). The molecular formula is C11H23N3O3. The summed E-state index contributed by atoms with van der Waals surface area (Å²) in [7, 11) is 0.